The molecule has 8 nitrogen and oxygen atoms in total. The first-order chi connectivity index (χ1) is 14.8. The molecule has 3 N–H and O–H groups in total. The highest BCUT2D eigenvalue weighted by molar-refractivity contribution is 8.18. The summed E-state index contributed by atoms with van der Waals surface area (Å²) in [5.74, 6) is -1.61. The number of rotatable bonds is 7. The van der Waals surface area contributed by atoms with Crippen molar-refractivity contribution >= 4 is 46.4 Å². The number of phenols is 1. The number of ether oxygens (including phenoxy) is 1. The van der Waals surface area contributed by atoms with Crippen molar-refractivity contribution in [1.82, 2.24) is 5.32 Å². The number of nitrogens with one attached hydrogen (secondary N) is 1. The van der Waals surface area contributed by atoms with E-state index in [1.807, 2.05) is 6.92 Å². The van der Waals surface area contributed by atoms with Gasteiger partial charge in [-0.2, -0.15) is 0 Å². The predicted molar refractivity (Wildman–Crippen MR) is 118 cm³/mol. The number of carbonyl (C=O) groups excluding carboxylic acids is 2. The van der Waals surface area contributed by atoms with Gasteiger partial charge in [-0.3, -0.25) is 9.59 Å². The summed E-state index contributed by atoms with van der Waals surface area (Å²) in [6.45, 7) is 3.33. The average Bonchev–Trinajstić information content (AvgIpc) is 3.05. The number of aliphatic imine (C=N–C) groups is 1. The average molecular weight is 440 g/mol. The fraction of sp³-hybridized carbons (Fsp3) is 0.182. The van der Waals surface area contributed by atoms with Crippen molar-refractivity contribution in [2.45, 2.75) is 26.4 Å². The van der Waals surface area contributed by atoms with E-state index in [1.165, 1.54) is 25.1 Å². The summed E-state index contributed by atoms with van der Waals surface area (Å²) in [5, 5.41) is 21.7. The number of amidine groups is 1. The molecule has 3 rings (SSSR count). The lowest BCUT2D eigenvalue weighted by molar-refractivity contribution is -0.123. The second-order valence-electron chi connectivity index (χ2n) is 6.65. The summed E-state index contributed by atoms with van der Waals surface area (Å²) in [4.78, 5) is 39.7. The summed E-state index contributed by atoms with van der Waals surface area (Å²) in [5.41, 5.74) is 0.701. The Hall–Kier alpha value is -3.59. The lowest BCUT2D eigenvalue weighted by atomic mass is 10.1. The SMILES string of the molecule is CCC(Oc1ccccc1/C=C1\SC(=Nc2ccc(C(=O)O)c(O)c2)NC1=O)C(C)=O. The molecule has 1 aliphatic rings. The van der Waals surface area contributed by atoms with Gasteiger partial charge in [0.1, 0.15) is 17.1 Å². The Balaban J connectivity index is 1.84. The van der Waals surface area contributed by atoms with Crippen molar-refractivity contribution in [1.29, 1.82) is 0 Å². The number of aromatic carboxylic acids is 1. The largest absolute Gasteiger partial charge is 0.507 e. The van der Waals surface area contributed by atoms with Crippen molar-refractivity contribution < 1.29 is 29.3 Å². The van der Waals surface area contributed by atoms with Gasteiger partial charge in [0, 0.05) is 11.6 Å². The molecule has 2 aromatic rings. The van der Waals surface area contributed by atoms with Crippen LogP contribution in [0.4, 0.5) is 5.69 Å². The van der Waals surface area contributed by atoms with Gasteiger partial charge in [0.15, 0.2) is 17.1 Å². The van der Waals surface area contributed by atoms with Crippen LogP contribution in [0.2, 0.25) is 0 Å². The Kier molecular flexibility index (Phi) is 6.76. The Bertz CT molecular complexity index is 1110. The van der Waals surface area contributed by atoms with Crippen molar-refractivity contribution in [3.05, 3.63) is 58.5 Å². The van der Waals surface area contributed by atoms with Crippen LogP contribution >= 0.6 is 11.8 Å². The van der Waals surface area contributed by atoms with Crippen LogP contribution in [-0.2, 0) is 9.59 Å². The molecular weight excluding hydrogens is 420 g/mol. The maximum atomic E-state index is 12.4. The zero-order valence-electron chi connectivity index (χ0n) is 16.8. The third-order valence-corrected chi connectivity index (χ3v) is 5.30. The highest BCUT2D eigenvalue weighted by Crippen LogP contribution is 2.32. The first-order valence-electron chi connectivity index (χ1n) is 9.40. The number of Topliss-reactive ketones (excluding diaryl/α,β-unsaturated/α-hetero) is 1. The molecule has 1 atom stereocenters. The number of carbonyl (C=O) groups is 3. The third kappa shape index (κ3) is 5.32. The molecule has 1 aliphatic heterocycles. The van der Waals surface area contributed by atoms with Crippen LogP contribution in [0.1, 0.15) is 36.2 Å². The Morgan fingerprint density at radius 3 is 2.65 bits per heavy atom. The summed E-state index contributed by atoms with van der Waals surface area (Å²) in [7, 11) is 0. The summed E-state index contributed by atoms with van der Waals surface area (Å²) in [6, 6.07) is 11.0. The highest BCUT2D eigenvalue weighted by Gasteiger charge is 2.25. The number of nitrogens with zero attached hydrogens (tertiary/aromatic N) is 1. The third-order valence-electron chi connectivity index (χ3n) is 4.39. The van der Waals surface area contributed by atoms with Gasteiger partial charge in [-0.1, -0.05) is 25.1 Å². The minimum absolute atomic E-state index is 0.0791. The van der Waals surface area contributed by atoms with Crippen LogP contribution in [0.3, 0.4) is 0 Å². The molecule has 0 saturated carbocycles. The maximum absolute atomic E-state index is 12.4. The van der Waals surface area contributed by atoms with Gasteiger partial charge in [0.25, 0.3) is 5.91 Å². The minimum atomic E-state index is -1.25. The molecule has 1 amide bonds. The lowest BCUT2D eigenvalue weighted by Crippen LogP contribution is -2.24. The molecule has 0 aliphatic carbocycles. The zero-order chi connectivity index (χ0) is 22.5. The minimum Gasteiger partial charge on any atom is -0.507 e. The lowest BCUT2D eigenvalue weighted by Gasteiger charge is -2.16. The second kappa shape index (κ2) is 9.48. The Morgan fingerprint density at radius 2 is 2.00 bits per heavy atom. The number of carboxylic acid groups (broad SMARTS) is 1. The number of benzene rings is 2. The zero-order valence-corrected chi connectivity index (χ0v) is 17.6. The van der Waals surface area contributed by atoms with Crippen LogP contribution in [0, 0.1) is 0 Å². The number of amides is 1. The van der Waals surface area contributed by atoms with Gasteiger partial charge >= 0.3 is 5.97 Å². The van der Waals surface area contributed by atoms with Gasteiger partial charge < -0.3 is 20.3 Å². The molecular formula is C22H20N2O6S. The molecule has 9 heteroatoms. The summed E-state index contributed by atoms with van der Waals surface area (Å²) < 4.78 is 5.83. The number of hydrogen-bond donors (Lipinski definition) is 3. The number of para-hydroxylation sites is 1. The van der Waals surface area contributed by atoms with Gasteiger partial charge in [-0.05, 0) is 49.4 Å². The molecule has 2 aromatic carbocycles. The Morgan fingerprint density at radius 1 is 1.26 bits per heavy atom. The maximum Gasteiger partial charge on any atom is 0.339 e. The fourth-order valence-electron chi connectivity index (χ4n) is 2.82. The van der Waals surface area contributed by atoms with E-state index < -0.39 is 17.8 Å². The van der Waals surface area contributed by atoms with Crippen LogP contribution in [0.15, 0.2) is 52.4 Å². The standard InChI is InChI=1S/C22H20N2O6S/c1-3-17(12(2)25)30-18-7-5-4-6-13(18)10-19-20(27)24-22(31-19)23-14-8-9-15(21(28)29)16(26)11-14/h4-11,17,26H,3H2,1-2H3,(H,28,29)(H,23,24,27)/b19-10-. The van der Waals surface area contributed by atoms with Gasteiger partial charge in [0.2, 0.25) is 0 Å². The van der Waals surface area contributed by atoms with E-state index in [2.05, 4.69) is 10.3 Å². The molecule has 31 heavy (non-hydrogen) atoms. The van der Waals surface area contributed by atoms with E-state index >= 15 is 0 Å². The number of hydrogen-bond acceptors (Lipinski definition) is 7. The fourth-order valence-corrected chi connectivity index (χ4v) is 3.66. The molecule has 0 bridgehead atoms. The van der Waals surface area contributed by atoms with E-state index in [4.69, 9.17) is 9.84 Å². The molecule has 1 fully saturated rings. The van der Waals surface area contributed by atoms with Crippen molar-refractivity contribution in [2.24, 2.45) is 4.99 Å². The molecule has 0 radical (unpaired) electrons. The topological polar surface area (TPSA) is 125 Å². The Labute approximate surface area is 182 Å². The van der Waals surface area contributed by atoms with Crippen molar-refractivity contribution in [2.75, 3.05) is 0 Å². The van der Waals surface area contributed by atoms with Crippen LogP contribution in [0.5, 0.6) is 11.5 Å². The molecule has 1 heterocycles. The molecule has 0 spiro atoms. The van der Waals surface area contributed by atoms with Crippen molar-refractivity contribution in [3.8, 4) is 11.5 Å². The molecule has 1 saturated heterocycles. The van der Waals surface area contributed by atoms with Gasteiger partial charge in [-0.25, -0.2) is 9.79 Å². The van der Waals surface area contributed by atoms with Crippen LogP contribution in [0.25, 0.3) is 6.08 Å². The van der Waals surface area contributed by atoms with E-state index in [-0.39, 0.29) is 22.4 Å². The smallest absolute Gasteiger partial charge is 0.339 e. The van der Waals surface area contributed by atoms with E-state index in [1.54, 1.807) is 30.3 Å². The second-order valence-corrected chi connectivity index (χ2v) is 7.68. The summed E-state index contributed by atoms with van der Waals surface area (Å²) >= 11 is 1.09. The normalized spacial score (nSPS) is 16.9. The van der Waals surface area contributed by atoms with E-state index in [9.17, 15) is 19.5 Å². The van der Waals surface area contributed by atoms with E-state index in [0.717, 1.165) is 11.8 Å². The molecule has 0 aromatic heterocycles. The van der Waals surface area contributed by atoms with Crippen molar-refractivity contribution in [3.63, 3.8) is 0 Å². The van der Waals surface area contributed by atoms with Gasteiger partial charge in [-0.15, -0.1) is 0 Å². The quantitative estimate of drug-likeness (QED) is 0.560. The first-order valence-corrected chi connectivity index (χ1v) is 10.2. The number of thioether (sulfide) groups is 1. The molecule has 160 valence electrons. The van der Waals surface area contributed by atoms with Crippen LogP contribution < -0.4 is 10.1 Å². The summed E-state index contributed by atoms with van der Waals surface area (Å²) in [6.07, 6.45) is 1.61. The number of aromatic hydroxyl groups is 1. The first kappa shape index (κ1) is 22.1. The number of carboxylic acids is 1. The van der Waals surface area contributed by atoms with Gasteiger partial charge in [0.05, 0.1) is 10.6 Å². The molecule has 1 unspecified atom stereocenters. The highest BCUT2D eigenvalue weighted by atomic mass is 32.2. The van der Waals surface area contributed by atoms with E-state index in [0.29, 0.717) is 28.3 Å². The predicted octanol–water partition coefficient (Wildman–Crippen LogP) is 3.73. The van der Waals surface area contributed by atoms with Crippen LogP contribution in [-0.4, -0.2) is 39.1 Å². The number of ketones is 1. The monoisotopic (exact) mass is 440 g/mol.